The van der Waals surface area contributed by atoms with Gasteiger partial charge < -0.3 is 14.6 Å². The molecule has 138 valence electrons. The molecular formula is C19H20N6O2. The number of hydrogen-bond acceptors (Lipinski definition) is 7. The molecule has 0 atom stereocenters. The van der Waals surface area contributed by atoms with Crippen LogP contribution in [0.5, 0.6) is 0 Å². The average molecular weight is 364 g/mol. The largest absolute Gasteiger partial charge is 0.375 e. The summed E-state index contributed by atoms with van der Waals surface area (Å²) in [6.45, 7) is 4.70. The maximum absolute atomic E-state index is 5.14. The Balaban J connectivity index is 1.70. The Kier molecular flexibility index (Phi) is 4.55. The third-order valence-corrected chi connectivity index (χ3v) is 4.33. The van der Waals surface area contributed by atoms with Crippen molar-refractivity contribution in [1.29, 1.82) is 0 Å². The van der Waals surface area contributed by atoms with Gasteiger partial charge in [0.05, 0.1) is 17.9 Å². The van der Waals surface area contributed by atoms with E-state index in [9.17, 15) is 0 Å². The van der Waals surface area contributed by atoms with Crippen LogP contribution in [0.1, 0.15) is 23.0 Å². The summed E-state index contributed by atoms with van der Waals surface area (Å²) in [5.41, 5.74) is 4.74. The molecule has 0 saturated carbocycles. The lowest BCUT2D eigenvalue weighted by molar-refractivity contribution is 0.151. The molecule has 0 amide bonds. The first-order chi connectivity index (χ1) is 13.2. The third kappa shape index (κ3) is 3.39. The van der Waals surface area contributed by atoms with Gasteiger partial charge in [0.15, 0.2) is 11.5 Å². The molecule has 0 aliphatic rings. The van der Waals surface area contributed by atoms with Gasteiger partial charge in [0.1, 0.15) is 12.4 Å². The fraction of sp³-hybridized carbons (Fsp3) is 0.263. The summed E-state index contributed by atoms with van der Waals surface area (Å²) in [5, 5.41) is 11.9. The summed E-state index contributed by atoms with van der Waals surface area (Å²) < 4.78 is 12.0. The molecule has 0 bridgehead atoms. The smallest absolute Gasteiger partial charge is 0.252 e. The number of benzene rings is 1. The second kappa shape index (κ2) is 7.16. The number of nitrogens with zero attached hydrogens (tertiary/aromatic N) is 5. The van der Waals surface area contributed by atoms with E-state index in [0.717, 1.165) is 34.0 Å². The normalized spacial score (nSPS) is 11.2. The summed E-state index contributed by atoms with van der Waals surface area (Å²) in [6.07, 6.45) is 0. The molecule has 27 heavy (non-hydrogen) atoms. The fourth-order valence-corrected chi connectivity index (χ4v) is 2.83. The van der Waals surface area contributed by atoms with E-state index in [-0.39, 0.29) is 0 Å². The maximum Gasteiger partial charge on any atom is 0.252 e. The molecule has 0 aliphatic heterocycles. The number of ether oxygens (including phenoxy) is 1. The number of hydrogen-bond donors (Lipinski definition) is 1. The number of nitrogens with one attached hydrogen (secondary N) is 1. The van der Waals surface area contributed by atoms with Crippen LogP contribution >= 0.6 is 0 Å². The van der Waals surface area contributed by atoms with Gasteiger partial charge in [-0.25, -0.2) is 4.98 Å². The van der Waals surface area contributed by atoms with Gasteiger partial charge in [-0.1, -0.05) is 35.5 Å². The predicted molar refractivity (Wildman–Crippen MR) is 100 cm³/mol. The Hall–Kier alpha value is -3.26. The van der Waals surface area contributed by atoms with E-state index in [0.29, 0.717) is 24.9 Å². The molecule has 4 rings (SSSR count). The van der Waals surface area contributed by atoms with Crippen LogP contribution in [0, 0.1) is 13.8 Å². The predicted octanol–water partition coefficient (Wildman–Crippen LogP) is 3.15. The summed E-state index contributed by atoms with van der Waals surface area (Å²) in [4.78, 5) is 9.09. The lowest BCUT2D eigenvalue weighted by atomic mass is 10.1. The highest BCUT2D eigenvalue weighted by atomic mass is 16.5. The molecule has 1 N–H and O–H groups in total. The molecule has 0 fully saturated rings. The number of aryl methyl sites for hydroxylation is 2. The minimum absolute atomic E-state index is 0.294. The van der Waals surface area contributed by atoms with E-state index in [2.05, 4.69) is 20.6 Å². The van der Waals surface area contributed by atoms with Crippen LogP contribution in [0.4, 0.5) is 5.82 Å². The second-order valence-corrected chi connectivity index (χ2v) is 6.23. The fourth-order valence-electron chi connectivity index (χ4n) is 2.83. The Morgan fingerprint density at radius 3 is 2.74 bits per heavy atom. The monoisotopic (exact) mass is 364 g/mol. The summed E-state index contributed by atoms with van der Waals surface area (Å²) in [5.74, 6) is 1.81. The molecule has 3 heterocycles. The van der Waals surface area contributed by atoms with E-state index < -0.39 is 0 Å². The summed E-state index contributed by atoms with van der Waals surface area (Å²) >= 11 is 0. The summed E-state index contributed by atoms with van der Waals surface area (Å²) in [7, 11) is 1.59. The highest BCUT2D eigenvalue weighted by molar-refractivity contribution is 5.68. The van der Waals surface area contributed by atoms with Gasteiger partial charge in [-0.3, -0.25) is 0 Å². The van der Waals surface area contributed by atoms with Crippen molar-refractivity contribution in [3.05, 3.63) is 59.4 Å². The molecule has 3 aromatic heterocycles. The number of aromatic nitrogens is 5. The Bertz CT molecular complexity index is 1070. The van der Waals surface area contributed by atoms with Crippen molar-refractivity contribution < 1.29 is 9.26 Å². The molecule has 0 spiro atoms. The highest BCUT2D eigenvalue weighted by Gasteiger charge is 2.14. The van der Waals surface area contributed by atoms with Crippen LogP contribution in [-0.4, -0.2) is 31.8 Å². The zero-order valence-electron chi connectivity index (χ0n) is 15.4. The Morgan fingerprint density at radius 2 is 1.96 bits per heavy atom. The quantitative estimate of drug-likeness (QED) is 0.562. The SMILES string of the molecule is COCc1nc(CNc2cc(-c3ccccc3)nc3c(C)c(C)nn23)no1. The minimum Gasteiger partial charge on any atom is -0.375 e. The zero-order valence-corrected chi connectivity index (χ0v) is 15.4. The molecule has 4 aromatic rings. The van der Waals surface area contributed by atoms with Crippen LogP contribution in [-0.2, 0) is 17.9 Å². The minimum atomic E-state index is 0.294. The number of anilines is 1. The van der Waals surface area contributed by atoms with Crippen LogP contribution in [0.25, 0.3) is 16.9 Å². The molecule has 1 aromatic carbocycles. The molecule has 0 aliphatic carbocycles. The van der Waals surface area contributed by atoms with Gasteiger partial charge in [-0.05, 0) is 13.8 Å². The van der Waals surface area contributed by atoms with Gasteiger partial charge in [-0.15, -0.1) is 0 Å². The first kappa shape index (κ1) is 17.2. The van der Waals surface area contributed by atoms with Gasteiger partial charge in [0.2, 0.25) is 0 Å². The van der Waals surface area contributed by atoms with Gasteiger partial charge in [-0.2, -0.15) is 14.6 Å². The zero-order chi connectivity index (χ0) is 18.8. The molecule has 8 heteroatoms. The number of rotatable bonds is 6. The first-order valence-corrected chi connectivity index (χ1v) is 8.62. The molecule has 8 nitrogen and oxygen atoms in total. The molecule has 0 saturated heterocycles. The van der Waals surface area contributed by atoms with Crippen molar-refractivity contribution in [3.63, 3.8) is 0 Å². The molecule has 0 radical (unpaired) electrons. The van der Waals surface area contributed by atoms with E-state index in [1.807, 2.05) is 54.8 Å². The molecule has 0 unspecified atom stereocenters. The lowest BCUT2D eigenvalue weighted by Crippen LogP contribution is -2.08. The maximum atomic E-state index is 5.14. The summed E-state index contributed by atoms with van der Waals surface area (Å²) in [6, 6.07) is 12.0. The standard InChI is InChI=1S/C19H20N6O2/c1-12-13(2)23-25-17(20-10-16-22-18(11-26-3)27-24-16)9-15(21-19(12)25)14-7-5-4-6-8-14/h4-9,20H,10-11H2,1-3H3. The highest BCUT2D eigenvalue weighted by Crippen LogP contribution is 2.25. The van der Waals surface area contributed by atoms with E-state index >= 15 is 0 Å². The van der Waals surface area contributed by atoms with Crippen molar-refractivity contribution in [3.8, 4) is 11.3 Å². The van der Waals surface area contributed by atoms with Crippen LogP contribution in [0.2, 0.25) is 0 Å². The van der Waals surface area contributed by atoms with Crippen molar-refractivity contribution in [2.75, 3.05) is 12.4 Å². The van der Waals surface area contributed by atoms with E-state index in [1.54, 1.807) is 7.11 Å². The van der Waals surface area contributed by atoms with Crippen LogP contribution in [0.3, 0.4) is 0 Å². The average Bonchev–Trinajstić information content (AvgIpc) is 3.25. The Labute approximate surface area is 156 Å². The second-order valence-electron chi connectivity index (χ2n) is 6.23. The first-order valence-electron chi connectivity index (χ1n) is 8.62. The number of fused-ring (bicyclic) bond motifs is 1. The number of methoxy groups -OCH3 is 1. The van der Waals surface area contributed by atoms with E-state index in [4.69, 9.17) is 14.2 Å². The van der Waals surface area contributed by atoms with Crippen molar-refractivity contribution in [1.82, 2.24) is 24.7 Å². The van der Waals surface area contributed by atoms with Crippen LogP contribution < -0.4 is 5.32 Å². The topological polar surface area (TPSA) is 90.4 Å². The van der Waals surface area contributed by atoms with Crippen LogP contribution in [0.15, 0.2) is 40.9 Å². The lowest BCUT2D eigenvalue weighted by Gasteiger charge is -2.09. The van der Waals surface area contributed by atoms with E-state index in [1.165, 1.54) is 0 Å². The molecular weight excluding hydrogens is 344 g/mol. The van der Waals surface area contributed by atoms with Gasteiger partial charge in [0, 0.05) is 24.3 Å². The third-order valence-electron chi connectivity index (χ3n) is 4.33. The van der Waals surface area contributed by atoms with Crippen molar-refractivity contribution in [2.24, 2.45) is 0 Å². The van der Waals surface area contributed by atoms with Gasteiger partial charge in [0.25, 0.3) is 5.89 Å². The van der Waals surface area contributed by atoms with Crippen molar-refractivity contribution in [2.45, 2.75) is 27.0 Å². The van der Waals surface area contributed by atoms with Gasteiger partial charge >= 0.3 is 0 Å². The Morgan fingerprint density at radius 1 is 1.15 bits per heavy atom. The van der Waals surface area contributed by atoms with Crippen molar-refractivity contribution >= 4 is 11.5 Å².